The van der Waals surface area contributed by atoms with E-state index >= 15 is 0 Å². The molecule has 0 spiro atoms. The molecule has 4 nitrogen and oxygen atoms in total. The molecule has 1 aliphatic rings. The zero-order chi connectivity index (χ0) is 16.5. The number of hydrogen-bond acceptors (Lipinski definition) is 3. The second kappa shape index (κ2) is 6.49. The summed E-state index contributed by atoms with van der Waals surface area (Å²) in [6.45, 7) is 6.52. The van der Waals surface area contributed by atoms with Crippen LogP contribution in [0.1, 0.15) is 39.2 Å². The minimum absolute atomic E-state index is 0.315. The molecule has 1 amide bonds. The number of likely N-dealkylation sites (tertiary alicyclic amines) is 1. The Kier molecular flexibility index (Phi) is 5.24. The second-order valence-electron chi connectivity index (χ2n) is 6.66. The standard InChI is InChI=1S/C16H21Br2NO3/c1-15(2,3)22-14(20)19-6-4-16(21,5-7-19)11-8-12(17)10-13(18)9-11/h8-10,21H,4-7H2,1-3H3. The van der Waals surface area contributed by atoms with Crippen LogP contribution in [0.5, 0.6) is 0 Å². The summed E-state index contributed by atoms with van der Waals surface area (Å²) in [6, 6.07) is 5.78. The van der Waals surface area contributed by atoms with Crippen LogP contribution in [0.3, 0.4) is 0 Å². The predicted molar refractivity (Wildman–Crippen MR) is 92.8 cm³/mol. The molecule has 1 aromatic carbocycles. The van der Waals surface area contributed by atoms with Crippen LogP contribution in [0.15, 0.2) is 27.1 Å². The first-order chi connectivity index (χ1) is 10.1. The van der Waals surface area contributed by atoms with Gasteiger partial charge < -0.3 is 14.7 Å². The van der Waals surface area contributed by atoms with Crippen LogP contribution >= 0.6 is 31.9 Å². The maximum Gasteiger partial charge on any atom is 0.410 e. The number of nitrogens with zero attached hydrogens (tertiary/aromatic N) is 1. The first-order valence-corrected chi connectivity index (χ1v) is 8.85. The first-order valence-electron chi connectivity index (χ1n) is 7.26. The molecule has 0 saturated carbocycles. The van der Waals surface area contributed by atoms with Crippen molar-refractivity contribution >= 4 is 38.0 Å². The molecule has 1 fully saturated rings. The van der Waals surface area contributed by atoms with E-state index in [0.29, 0.717) is 25.9 Å². The van der Waals surface area contributed by atoms with E-state index < -0.39 is 11.2 Å². The average Bonchev–Trinajstić information content (AvgIpc) is 2.36. The van der Waals surface area contributed by atoms with Gasteiger partial charge in [-0.2, -0.15) is 0 Å². The van der Waals surface area contributed by atoms with E-state index in [1.165, 1.54) is 0 Å². The third-order valence-electron chi connectivity index (χ3n) is 3.64. The van der Waals surface area contributed by atoms with Crippen LogP contribution in [0.25, 0.3) is 0 Å². The minimum atomic E-state index is -0.912. The van der Waals surface area contributed by atoms with Crippen LogP contribution in [0, 0.1) is 0 Å². The number of amides is 1. The number of carbonyl (C=O) groups is 1. The predicted octanol–water partition coefficient (Wildman–Crippen LogP) is 4.43. The number of piperidine rings is 1. The van der Waals surface area contributed by atoms with Gasteiger partial charge in [-0.05, 0) is 57.4 Å². The van der Waals surface area contributed by atoms with Crippen molar-refractivity contribution in [2.45, 2.75) is 44.8 Å². The smallest absolute Gasteiger partial charge is 0.410 e. The number of aliphatic hydroxyl groups is 1. The highest BCUT2D eigenvalue weighted by Crippen LogP contribution is 2.36. The van der Waals surface area contributed by atoms with Crippen molar-refractivity contribution in [2.24, 2.45) is 0 Å². The van der Waals surface area contributed by atoms with Gasteiger partial charge in [-0.3, -0.25) is 0 Å². The van der Waals surface area contributed by atoms with E-state index in [2.05, 4.69) is 31.9 Å². The zero-order valence-corrected chi connectivity index (χ0v) is 16.2. The van der Waals surface area contributed by atoms with Crippen LogP contribution in [-0.2, 0) is 10.3 Å². The Morgan fingerprint density at radius 3 is 2.14 bits per heavy atom. The Morgan fingerprint density at radius 2 is 1.68 bits per heavy atom. The highest BCUT2D eigenvalue weighted by Gasteiger charge is 2.37. The molecule has 2 rings (SSSR count). The van der Waals surface area contributed by atoms with Gasteiger partial charge in [-0.25, -0.2) is 4.79 Å². The van der Waals surface area contributed by atoms with Crippen molar-refractivity contribution in [2.75, 3.05) is 13.1 Å². The molecule has 122 valence electrons. The summed E-state index contributed by atoms with van der Waals surface area (Å²) >= 11 is 6.89. The van der Waals surface area contributed by atoms with Crippen molar-refractivity contribution in [3.05, 3.63) is 32.7 Å². The summed E-state index contributed by atoms with van der Waals surface area (Å²) in [6.07, 6.45) is 0.676. The third kappa shape index (κ3) is 4.46. The molecule has 0 aliphatic carbocycles. The lowest BCUT2D eigenvalue weighted by molar-refractivity contribution is -0.0357. The van der Waals surface area contributed by atoms with Crippen LogP contribution in [0.2, 0.25) is 0 Å². The van der Waals surface area contributed by atoms with Crippen LogP contribution < -0.4 is 0 Å². The quantitative estimate of drug-likeness (QED) is 0.711. The summed E-state index contributed by atoms with van der Waals surface area (Å²) in [5.41, 5.74) is -0.553. The van der Waals surface area contributed by atoms with E-state index in [0.717, 1.165) is 14.5 Å². The van der Waals surface area contributed by atoms with Crippen LogP contribution in [0.4, 0.5) is 4.79 Å². The normalized spacial score (nSPS) is 18.2. The SMILES string of the molecule is CC(C)(C)OC(=O)N1CCC(O)(c2cc(Br)cc(Br)c2)CC1. The Bertz CT molecular complexity index is 541. The first kappa shape index (κ1) is 17.8. The number of rotatable bonds is 1. The summed E-state index contributed by atoms with van der Waals surface area (Å²) in [7, 11) is 0. The molecule has 1 N–H and O–H groups in total. The fraction of sp³-hybridized carbons (Fsp3) is 0.562. The highest BCUT2D eigenvalue weighted by atomic mass is 79.9. The number of benzene rings is 1. The molecule has 1 aromatic rings. The lowest BCUT2D eigenvalue weighted by Gasteiger charge is -2.39. The van der Waals surface area contributed by atoms with Gasteiger partial charge >= 0.3 is 6.09 Å². The van der Waals surface area contributed by atoms with Gasteiger partial charge in [0.25, 0.3) is 0 Å². The van der Waals surface area contributed by atoms with Crippen molar-refractivity contribution in [3.8, 4) is 0 Å². The Labute approximate surface area is 148 Å². The van der Waals surface area contributed by atoms with Gasteiger partial charge in [-0.15, -0.1) is 0 Å². The average molecular weight is 435 g/mol. The van der Waals surface area contributed by atoms with E-state index in [1.807, 2.05) is 39.0 Å². The molecule has 1 saturated heterocycles. The van der Waals surface area contributed by atoms with Gasteiger partial charge in [-0.1, -0.05) is 31.9 Å². The molecule has 1 heterocycles. The van der Waals surface area contributed by atoms with Crippen molar-refractivity contribution in [1.29, 1.82) is 0 Å². The molecule has 1 aliphatic heterocycles. The molecule has 22 heavy (non-hydrogen) atoms. The fourth-order valence-electron chi connectivity index (χ4n) is 2.50. The lowest BCUT2D eigenvalue weighted by atomic mass is 9.84. The maximum atomic E-state index is 12.1. The molecular weight excluding hydrogens is 414 g/mol. The number of hydrogen-bond donors (Lipinski definition) is 1. The lowest BCUT2D eigenvalue weighted by Crippen LogP contribution is -2.46. The fourth-order valence-corrected chi connectivity index (χ4v) is 3.79. The van der Waals surface area contributed by atoms with E-state index in [9.17, 15) is 9.90 Å². The van der Waals surface area contributed by atoms with Crippen LogP contribution in [-0.4, -0.2) is 34.8 Å². The van der Waals surface area contributed by atoms with E-state index in [-0.39, 0.29) is 6.09 Å². The largest absolute Gasteiger partial charge is 0.444 e. The maximum absolute atomic E-state index is 12.1. The molecule has 0 bridgehead atoms. The Morgan fingerprint density at radius 1 is 1.18 bits per heavy atom. The van der Waals surface area contributed by atoms with Crippen molar-refractivity contribution < 1.29 is 14.6 Å². The number of carbonyl (C=O) groups excluding carboxylic acids is 1. The van der Waals surface area contributed by atoms with Gasteiger partial charge in [0, 0.05) is 22.0 Å². The van der Waals surface area contributed by atoms with Gasteiger partial charge in [0.15, 0.2) is 0 Å². The Balaban J connectivity index is 2.06. The molecule has 0 aromatic heterocycles. The number of ether oxygens (including phenoxy) is 1. The van der Waals surface area contributed by atoms with E-state index in [1.54, 1.807) is 4.90 Å². The van der Waals surface area contributed by atoms with Gasteiger partial charge in [0.2, 0.25) is 0 Å². The summed E-state index contributed by atoms with van der Waals surface area (Å²) < 4.78 is 7.21. The molecule has 0 unspecified atom stereocenters. The Hall–Kier alpha value is -0.590. The summed E-state index contributed by atoms with van der Waals surface area (Å²) in [4.78, 5) is 13.7. The molecule has 6 heteroatoms. The third-order valence-corrected chi connectivity index (χ3v) is 4.56. The topological polar surface area (TPSA) is 49.8 Å². The second-order valence-corrected chi connectivity index (χ2v) is 8.49. The summed E-state index contributed by atoms with van der Waals surface area (Å²) in [5, 5.41) is 10.9. The number of halogens is 2. The summed E-state index contributed by atoms with van der Waals surface area (Å²) in [5.74, 6) is 0. The van der Waals surface area contributed by atoms with Crippen molar-refractivity contribution in [3.63, 3.8) is 0 Å². The minimum Gasteiger partial charge on any atom is -0.444 e. The van der Waals surface area contributed by atoms with Gasteiger partial charge in [0.05, 0.1) is 5.60 Å². The molecular formula is C16H21Br2NO3. The highest BCUT2D eigenvalue weighted by molar-refractivity contribution is 9.11. The monoisotopic (exact) mass is 433 g/mol. The van der Waals surface area contributed by atoms with E-state index in [4.69, 9.17) is 4.74 Å². The van der Waals surface area contributed by atoms with Gasteiger partial charge in [0.1, 0.15) is 5.60 Å². The molecule has 0 atom stereocenters. The van der Waals surface area contributed by atoms with Crippen molar-refractivity contribution in [1.82, 2.24) is 4.90 Å². The zero-order valence-electron chi connectivity index (χ0n) is 13.0. The molecule has 0 radical (unpaired) electrons.